The maximum Gasteiger partial charge on any atom is 0.275 e. The summed E-state index contributed by atoms with van der Waals surface area (Å²) < 4.78 is 7.15. The van der Waals surface area contributed by atoms with Crippen molar-refractivity contribution in [3.8, 4) is 5.75 Å². The number of anilines is 2. The molecule has 0 bridgehead atoms. The first kappa shape index (κ1) is 19.7. The Hall–Kier alpha value is -3.20. The fourth-order valence-electron chi connectivity index (χ4n) is 4.06. The van der Waals surface area contributed by atoms with E-state index in [1.54, 1.807) is 18.0 Å². The Bertz CT molecular complexity index is 1090. The highest BCUT2D eigenvalue weighted by Crippen LogP contribution is 2.30. The summed E-state index contributed by atoms with van der Waals surface area (Å²) in [5, 5.41) is 11.8. The standard InChI is InChI=1S/C22H27N7O2/c1-28-13-15-7-18(20(31-2)8-17(15)27-28)26-22(30)19-10-25-21(11-24-19)29-6-5-14(12-29)9-23-16-3-4-16/h7-8,10-11,13-14,16,23H,3-6,9,12H2,1-2H3,(H,26,30). The first-order valence-electron chi connectivity index (χ1n) is 10.7. The molecule has 2 fully saturated rings. The molecule has 0 spiro atoms. The van der Waals surface area contributed by atoms with Gasteiger partial charge in [0, 0.05) is 43.8 Å². The van der Waals surface area contributed by atoms with Gasteiger partial charge in [-0.3, -0.25) is 9.48 Å². The number of aromatic nitrogens is 4. The number of hydrogen-bond donors (Lipinski definition) is 2. The third-order valence-corrected chi connectivity index (χ3v) is 5.94. The summed E-state index contributed by atoms with van der Waals surface area (Å²) in [4.78, 5) is 23.9. The van der Waals surface area contributed by atoms with E-state index in [9.17, 15) is 4.79 Å². The number of hydrogen-bond acceptors (Lipinski definition) is 7. The van der Waals surface area contributed by atoms with E-state index in [1.807, 2.05) is 25.4 Å². The first-order chi connectivity index (χ1) is 15.1. The molecule has 1 aliphatic carbocycles. The molecular formula is C22H27N7O2. The van der Waals surface area contributed by atoms with Crippen molar-refractivity contribution in [1.29, 1.82) is 0 Å². The molecule has 1 unspecified atom stereocenters. The normalized spacial score (nSPS) is 18.5. The topological polar surface area (TPSA) is 97.2 Å². The van der Waals surface area contributed by atoms with Gasteiger partial charge in [-0.1, -0.05) is 0 Å². The van der Waals surface area contributed by atoms with Crippen molar-refractivity contribution in [2.75, 3.05) is 37.0 Å². The molecule has 2 aliphatic rings. The predicted octanol–water partition coefficient (Wildman–Crippen LogP) is 2.20. The number of aryl methyl sites for hydroxylation is 1. The monoisotopic (exact) mass is 421 g/mol. The molecule has 9 nitrogen and oxygen atoms in total. The molecule has 1 aromatic carbocycles. The van der Waals surface area contributed by atoms with Crippen molar-refractivity contribution >= 4 is 28.3 Å². The van der Waals surface area contributed by atoms with Crippen LogP contribution < -0.4 is 20.3 Å². The van der Waals surface area contributed by atoms with Crippen LogP contribution in [0.5, 0.6) is 5.75 Å². The number of carbonyl (C=O) groups is 1. The molecule has 2 N–H and O–H groups in total. The van der Waals surface area contributed by atoms with Crippen LogP contribution in [0.4, 0.5) is 11.5 Å². The van der Waals surface area contributed by atoms with Gasteiger partial charge in [0.2, 0.25) is 0 Å². The van der Waals surface area contributed by atoms with Crippen molar-refractivity contribution in [3.05, 3.63) is 36.4 Å². The van der Waals surface area contributed by atoms with Gasteiger partial charge in [0.25, 0.3) is 5.91 Å². The zero-order valence-electron chi connectivity index (χ0n) is 17.8. The van der Waals surface area contributed by atoms with Crippen LogP contribution in [0, 0.1) is 5.92 Å². The number of nitrogens with zero attached hydrogens (tertiary/aromatic N) is 5. The maximum absolute atomic E-state index is 12.8. The molecule has 1 saturated heterocycles. The number of fused-ring (bicyclic) bond motifs is 1. The smallest absolute Gasteiger partial charge is 0.275 e. The molecule has 3 aromatic rings. The molecule has 1 aliphatic heterocycles. The summed E-state index contributed by atoms with van der Waals surface area (Å²) in [6.45, 7) is 3.01. The van der Waals surface area contributed by atoms with E-state index < -0.39 is 0 Å². The lowest BCUT2D eigenvalue weighted by atomic mass is 10.1. The Labute approximate surface area is 180 Å². The summed E-state index contributed by atoms with van der Waals surface area (Å²) in [5.41, 5.74) is 1.64. The highest BCUT2D eigenvalue weighted by atomic mass is 16.5. The van der Waals surface area contributed by atoms with Crippen LogP contribution in [0.15, 0.2) is 30.7 Å². The Balaban J connectivity index is 1.24. The van der Waals surface area contributed by atoms with Crippen molar-refractivity contribution in [1.82, 2.24) is 25.1 Å². The molecule has 1 amide bonds. The molecule has 1 atom stereocenters. The molecular weight excluding hydrogens is 394 g/mol. The van der Waals surface area contributed by atoms with E-state index in [0.29, 0.717) is 17.4 Å². The van der Waals surface area contributed by atoms with E-state index in [-0.39, 0.29) is 11.6 Å². The van der Waals surface area contributed by atoms with Crippen LogP contribution in [0.1, 0.15) is 29.8 Å². The number of methoxy groups -OCH3 is 1. The number of ether oxygens (including phenoxy) is 1. The Morgan fingerprint density at radius 3 is 2.84 bits per heavy atom. The Morgan fingerprint density at radius 1 is 1.23 bits per heavy atom. The van der Waals surface area contributed by atoms with Gasteiger partial charge >= 0.3 is 0 Å². The highest BCUT2D eigenvalue weighted by Gasteiger charge is 2.27. The third-order valence-electron chi connectivity index (χ3n) is 5.94. The lowest BCUT2D eigenvalue weighted by Crippen LogP contribution is -2.28. The van der Waals surface area contributed by atoms with Gasteiger partial charge in [-0.05, 0) is 37.8 Å². The average Bonchev–Trinajstić information content (AvgIpc) is 3.36. The minimum atomic E-state index is -0.325. The fourth-order valence-corrected chi connectivity index (χ4v) is 4.06. The van der Waals surface area contributed by atoms with Gasteiger partial charge < -0.3 is 20.3 Å². The van der Waals surface area contributed by atoms with Gasteiger partial charge in [0.05, 0.1) is 30.7 Å². The molecule has 2 aromatic heterocycles. The summed E-state index contributed by atoms with van der Waals surface area (Å²) in [7, 11) is 3.42. The van der Waals surface area contributed by atoms with Crippen molar-refractivity contribution in [2.24, 2.45) is 13.0 Å². The summed E-state index contributed by atoms with van der Waals surface area (Å²) >= 11 is 0. The molecule has 9 heteroatoms. The predicted molar refractivity (Wildman–Crippen MR) is 119 cm³/mol. The van der Waals surface area contributed by atoms with E-state index in [1.165, 1.54) is 19.0 Å². The Kier molecular flexibility index (Phi) is 5.19. The SMILES string of the molecule is COc1cc2nn(C)cc2cc1NC(=O)c1cnc(N2CCC(CNC3CC3)C2)cn1. The number of rotatable bonds is 7. The second-order valence-electron chi connectivity index (χ2n) is 8.41. The quantitative estimate of drug-likeness (QED) is 0.604. The zero-order chi connectivity index (χ0) is 21.4. The molecule has 5 rings (SSSR count). The molecule has 31 heavy (non-hydrogen) atoms. The summed E-state index contributed by atoms with van der Waals surface area (Å²) in [6, 6.07) is 4.40. The second kappa shape index (κ2) is 8.14. The molecule has 0 radical (unpaired) electrons. The van der Waals surface area contributed by atoms with Crippen LogP contribution in [0.2, 0.25) is 0 Å². The molecule has 3 heterocycles. The molecule has 1 saturated carbocycles. The summed E-state index contributed by atoms with van der Waals surface area (Å²) in [5.74, 6) is 1.68. The van der Waals surface area contributed by atoms with E-state index in [0.717, 1.165) is 48.8 Å². The van der Waals surface area contributed by atoms with Crippen molar-refractivity contribution in [2.45, 2.75) is 25.3 Å². The van der Waals surface area contributed by atoms with Crippen molar-refractivity contribution < 1.29 is 9.53 Å². The largest absolute Gasteiger partial charge is 0.494 e. The van der Waals surface area contributed by atoms with Gasteiger partial charge in [0.15, 0.2) is 0 Å². The maximum atomic E-state index is 12.8. The van der Waals surface area contributed by atoms with Gasteiger partial charge in [-0.15, -0.1) is 0 Å². The minimum Gasteiger partial charge on any atom is -0.494 e. The van der Waals surface area contributed by atoms with E-state index >= 15 is 0 Å². The van der Waals surface area contributed by atoms with Crippen LogP contribution >= 0.6 is 0 Å². The minimum absolute atomic E-state index is 0.267. The summed E-state index contributed by atoms with van der Waals surface area (Å²) in [6.07, 6.45) is 8.90. The first-order valence-corrected chi connectivity index (χ1v) is 10.7. The van der Waals surface area contributed by atoms with Crippen LogP contribution in [0.25, 0.3) is 10.9 Å². The number of amides is 1. The van der Waals surface area contributed by atoms with Gasteiger partial charge in [-0.2, -0.15) is 5.10 Å². The highest BCUT2D eigenvalue weighted by molar-refractivity contribution is 6.04. The molecule has 162 valence electrons. The third kappa shape index (κ3) is 4.32. The number of benzene rings is 1. The average molecular weight is 422 g/mol. The van der Waals surface area contributed by atoms with Crippen LogP contribution in [-0.2, 0) is 7.05 Å². The van der Waals surface area contributed by atoms with Crippen LogP contribution in [0.3, 0.4) is 0 Å². The second-order valence-corrected chi connectivity index (χ2v) is 8.41. The Morgan fingerprint density at radius 2 is 2.10 bits per heavy atom. The number of carbonyl (C=O) groups excluding carboxylic acids is 1. The van der Waals surface area contributed by atoms with Crippen LogP contribution in [-0.4, -0.2) is 58.4 Å². The van der Waals surface area contributed by atoms with Gasteiger partial charge in [-0.25, -0.2) is 9.97 Å². The van der Waals surface area contributed by atoms with E-state index in [4.69, 9.17) is 4.74 Å². The lowest BCUT2D eigenvalue weighted by molar-refractivity contribution is 0.102. The zero-order valence-corrected chi connectivity index (χ0v) is 17.8. The fraction of sp³-hybridized carbons (Fsp3) is 0.455. The van der Waals surface area contributed by atoms with Gasteiger partial charge in [0.1, 0.15) is 17.3 Å². The lowest BCUT2D eigenvalue weighted by Gasteiger charge is -2.17. The number of nitrogens with one attached hydrogen (secondary N) is 2. The van der Waals surface area contributed by atoms with E-state index in [2.05, 4.69) is 30.6 Å². The van der Waals surface area contributed by atoms with Crippen molar-refractivity contribution in [3.63, 3.8) is 0 Å².